The highest BCUT2D eigenvalue weighted by Gasteiger charge is 2.35. The Morgan fingerprint density at radius 2 is 1.91 bits per heavy atom. The second kappa shape index (κ2) is 6.45. The normalized spacial score (nSPS) is 29.4. The number of nitrogens with zero attached hydrogens (tertiary/aromatic N) is 1. The van der Waals surface area contributed by atoms with E-state index in [9.17, 15) is 4.79 Å². The van der Waals surface area contributed by atoms with Gasteiger partial charge in [-0.3, -0.25) is 4.79 Å². The number of fused-ring (bicyclic) bond motifs is 4. The molecule has 0 unspecified atom stereocenters. The Balaban J connectivity index is 0.00000144. The van der Waals surface area contributed by atoms with E-state index in [1.54, 1.807) is 0 Å². The number of amides is 1. The molecular weight excluding hydrogens is 271 g/mol. The molecule has 1 N–H and O–H groups in total. The van der Waals surface area contributed by atoms with Gasteiger partial charge in [0.1, 0.15) is 0 Å². The molecule has 0 saturated carbocycles. The van der Waals surface area contributed by atoms with Gasteiger partial charge in [0.05, 0.1) is 0 Å². The van der Waals surface area contributed by atoms with E-state index in [1.165, 1.54) is 49.9 Å². The molecule has 3 saturated heterocycles. The van der Waals surface area contributed by atoms with Crippen LogP contribution < -0.4 is 5.32 Å². The van der Waals surface area contributed by atoms with Crippen LogP contribution in [0.5, 0.6) is 0 Å². The van der Waals surface area contributed by atoms with Gasteiger partial charge in [-0.25, -0.2) is 0 Å². The maximum Gasteiger partial charge on any atom is 0.251 e. The summed E-state index contributed by atoms with van der Waals surface area (Å²) < 4.78 is 0. The molecule has 3 fully saturated rings. The van der Waals surface area contributed by atoms with Crippen LogP contribution in [0.25, 0.3) is 0 Å². The monoisotopic (exact) mass is 295 g/mol. The molecule has 0 aromatic heterocycles. The lowest BCUT2D eigenvalue weighted by Crippen LogP contribution is -2.57. The van der Waals surface area contributed by atoms with Gasteiger partial charge in [0.15, 0.2) is 0 Å². The number of hydrogen-bond acceptors (Lipinski definition) is 2. The Bertz CT molecular complexity index is 552. The quantitative estimate of drug-likeness (QED) is 0.847. The van der Waals surface area contributed by atoms with E-state index in [0.29, 0.717) is 12.0 Å². The average molecular weight is 295 g/mol. The van der Waals surface area contributed by atoms with Gasteiger partial charge in [-0.1, -0.05) is 12.1 Å². The second-order valence-corrected chi connectivity index (χ2v) is 6.87. The van der Waals surface area contributed by atoms with Crippen molar-refractivity contribution in [3.05, 3.63) is 34.9 Å². The van der Waals surface area contributed by atoms with E-state index in [2.05, 4.69) is 22.3 Å². The molecular formula is C18H24BN2O. The van der Waals surface area contributed by atoms with Crippen molar-refractivity contribution in [2.45, 2.75) is 44.6 Å². The summed E-state index contributed by atoms with van der Waals surface area (Å²) in [6.45, 7) is 3.49. The standard InChI is InChI=1S/C18H24N2O.B/c21-18(19-17-12-20-10-8-14(17)9-11-20)16-7-3-5-13-4-1-2-6-15(13)16;/h3,5,7,14,17H,1-2,4,6,8-12H2,(H,19,21);/t17-;/m1./s1. The SMILES string of the molecule is O=C(N[C@@H]1CN2CCC1CC2)c1cccc2c1CCCC2.[B]. The van der Waals surface area contributed by atoms with E-state index < -0.39 is 0 Å². The van der Waals surface area contributed by atoms with Crippen molar-refractivity contribution in [3.63, 3.8) is 0 Å². The van der Waals surface area contributed by atoms with Crippen molar-refractivity contribution in [1.82, 2.24) is 10.2 Å². The minimum Gasteiger partial charge on any atom is -0.348 e. The average Bonchev–Trinajstić information content (AvgIpc) is 2.55. The van der Waals surface area contributed by atoms with Crippen LogP contribution in [0.1, 0.15) is 47.2 Å². The summed E-state index contributed by atoms with van der Waals surface area (Å²) in [5, 5.41) is 3.34. The highest BCUT2D eigenvalue weighted by Crippen LogP contribution is 2.29. The minimum absolute atomic E-state index is 0. The predicted octanol–water partition coefficient (Wildman–Crippen LogP) is 2.01. The van der Waals surface area contributed by atoms with Gasteiger partial charge in [-0.2, -0.15) is 0 Å². The van der Waals surface area contributed by atoms with E-state index in [4.69, 9.17) is 0 Å². The number of rotatable bonds is 2. The third-order valence-electron chi connectivity index (χ3n) is 5.61. The number of benzene rings is 1. The number of hydrogen-bond donors (Lipinski definition) is 1. The van der Waals surface area contributed by atoms with Gasteiger partial charge in [-0.15, -0.1) is 0 Å². The number of carbonyl (C=O) groups is 1. The molecule has 1 aromatic carbocycles. The van der Waals surface area contributed by atoms with Crippen LogP contribution in [-0.2, 0) is 12.8 Å². The Kier molecular flexibility index (Phi) is 4.58. The molecule has 22 heavy (non-hydrogen) atoms. The largest absolute Gasteiger partial charge is 0.348 e. The molecule has 4 heteroatoms. The summed E-state index contributed by atoms with van der Waals surface area (Å²) in [5.41, 5.74) is 3.63. The Hall–Kier alpha value is -1.29. The molecule has 0 spiro atoms. The molecule has 115 valence electrons. The summed E-state index contributed by atoms with van der Waals surface area (Å²) in [6, 6.07) is 6.62. The molecule has 3 heterocycles. The van der Waals surface area contributed by atoms with Crippen LogP contribution in [0.15, 0.2) is 18.2 Å². The molecule has 1 amide bonds. The Labute approximate surface area is 135 Å². The second-order valence-electron chi connectivity index (χ2n) is 6.87. The number of aryl methyl sites for hydroxylation is 1. The van der Waals surface area contributed by atoms with Crippen LogP contribution in [-0.4, -0.2) is 44.9 Å². The molecule has 1 aromatic rings. The van der Waals surface area contributed by atoms with E-state index in [-0.39, 0.29) is 14.3 Å². The number of nitrogens with one attached hydrogen (secondary N) is 1. The first-order valence-electron chi connectivity index (χ1n) is 8.45. The van der Waals surface area contributed by atoms with Crippen molar-refractivity contribution in [2.24, 2.45) is 5.92 Å². The molecule has 5 rings (SSSR count). The molecule has 3 radical (unpaired) electrons. The summed E-state index contributed by atoms with van der Waals surface area (Å²) >= 11 is 0. The predicted molar refractivity (Wildman–Crippen MR) is 89.3 cm³/mol. The topological polar surface area (TPSA) is 32.3 Å². The molecule has 3 nitrogen and oxygen atoms in total. The van der Waals surface area contributed by atoms with Gasteiger partial charge < -0.3 is 10.2 Å². The van der Waals surface area contributed by atoms with Gasteiger partial charge in [0.25, 0.3) is 5.91 Å². The van der Waals surface area contributed by atoms with Gasteiger partial charge in [0, 0.05) is 26.6 Å². The molecule has 4 aliphatic rings. The van der Waals surface area contributed by atoms with E-state index in [1.807, 2.05) is 6.07 Å². The lowest BCUT2D eigenvalue weighted by molar-refractivity contribution is 0.0620. The zero-order chi connectivity index (χ0) is 14.2. The fourth-order valence-corrected chi connectivity index (χ4v) is 4.37. The smallest absolute Gasteiger partial charge is 0.251 e. The summed E-state index contributed by atoms with van der Waals surface area (Å²) in [4.78, 5) is 15.2. The highest BCUT2D eigenvalue weighted by molar-refractivity contribution is 5.96. The van der Waals surface area contributed by atoms with Gasteiger partial charge >= 0.3 is 0 Å². The third-order valence-corrected chi connectivity index (χ3v) is 5.61. The highest BCUT2D eigenvalue weighted by atomic mass is 16.1. The van der Waals surface area contributed by atoms with Crippen molar-refractivity contribution in [1.29, 1.82) is 0 Å². The maximum atomic E-state index is 12.7. The van der Waals surface area contributed by atoms with Crippen LogP contribution in [0, 0.1) is 5.92 Å². The minimum atomic E-state index is 0. The Morgan fingerprint density at radius 1 is 1.14 bits per heavy atom. The zero-order valence-corrected chi connectivity index (χ0v) is 13.2. The Morgan fingerprint density at radius 3 is 2.64 bits per heavy atom. The van der Waals surface area contributed by atoms with Crippen molar-refractivity contribution >= 4 is 14.3 Å². The number of piperidine rings is 3. The third kappa shape index (κ3) is 2.81. The van der Waals surface area contributed by atoms with Crippen LogP contribution in [0.2, 0.25) is 0 Å². The van der Waals surface area contributed by atoms with E-state index >= 15 is 0 Å². The maximum absolute atomic E-state index is 12.7. The fourth-order valence-electron chi connectivity index (χ4n) is 4.37. The van der Waals surface area contributed by atoms with Crippen molar-refractivity contribution in [3.8, 4) is 0 Å². The lowest BCUT2D eigenvalue weighted by Gasteiger charge is -2.45. The summed E-state index contributed by atoms with van der Waals surface area (Å²) in [7, 11) is 0. The molecule has 3 aliphatic heterocycles. The first kappa shape index (κ1) is 15.6. The fraction of sp³-hybridized carbons (Fsp3) is 0.611. The number of carbonyl (C=O) groups excluding carboxylic acids is 1. The molecule has 2 bridgehead atoms. The van der Waals surface area contributed by atoms with Gasteiger partial charge in [-0.05, 0) is 74.7 Å². The van der Waals surface area contributed by atoms with Crippen LogP contribution in [0.4, 0.5) is 0 Å². The zero-order valence-electron chi connectivity index (χ0n) is 13.2. The molecule has 1 atom stereocenters. The van der Waals surface area contributed by atoms with Crippen molar-refractivity contribution < 1.29 is 4.79 Å². The first-order chi connectivity index (χ1) is 10.3. The van der Waals surface area contributed by atoms with E-state index in [0.717, 1.165) is 24.9 Å². The summed E-state index contributed by atoms with van der Waals surface area (Å²) in [6.07, 6.45) is 7.18. The van der Waals surface area contributed by atoms with Crippen LogP contribution >= 0.6 is 0 Å². The lowest BCUT2D eigenvalue weighted by atomic mass is 9.83. The first-order valence-corrected chi connectivity index (χ1v) is 8.45. The van der Waals surface area contributed by atoms with Gasteiger partial charge in [0.2, 0.25) is 0 Å². The molecule has 1 aliphatic carbocycles. The summed E-state index contributed by atoms with van der Waals surface area (Å²) in [5.74, 6) is 0.853. The van der Waals surface area contributed by atoms with Crippen LogP contribution in [0.3, 0.4) is 0 Å². The van der Waals surface area contributed by atoms with Crippen molar-refractivity contribution in [2.75, 3.05) is 19.6 Å².